The van der Waals surface area contributed by atoms with E-state index in [1.165, 1.54) is 0 Å². The number of fused-ring (bicyclic) bond motifs is 1. The third-order valence-corrected chi connectivity index (χ3v) is 4.38. The summed E-state index contributed by atoms with van der Waals surface area (Å²) in [5.74, 6) is 0.696. The molecule has 1 amide bonds. The number of rotatable bonds is 3. The Hall–Kier alpha value is -3.19. The number of aliphatic hydroxyl groups excluding tert-OH is 1. The minimum atomic E-state index is -0.0641. The van der Waals surface area contributed by atoms with Gasteiger partial charge in [-0.2, -0.15) is 0 Å². The van der Waals surface area contributed by atoms with Crippen LogP contribution >= 0.6 is 0 Å². The molecule has 26 heavy (non-hydrogen) atoms. The van der Waals surface area contributed by atoms with Crippen LogP contribution in [0.3, 0.4) is 0 Å². The molecule has 1 aliphatic rings. The molecule has 1 N–H and O–H groups in total. The average molecular weight is 350 g/mol. The van der Waals surface area contributed by atoms with Gasteiger partial charge in [0, 0.05) is 23.4 Å². The van der Waals surface area contributed by atoms with Gasteiger partial charge in [0.25, 0.3) is 5.91 Å². The topological polar surface area (TPSA) is 80.5 Å². The van der Waals surface area contributed by atoms with Crippen molar-refractivity contribution < 1.29 is 14.6 Å². The van der Waals surface area contributed by atoms with Crippen LogP contribution in [-0.2, 0) is 13.2 Å². The highest BCUT2D eigenvalue weighted by molar-refractivity contribution is 5.94. The molecule has 7 nitrogen and oxygen atoms in total. The van der Waals surface area contributed by atoms with Crippen LogP contribution in [0.15, 0.2) is 55.1 Å². The molecule has 2 heterocycles. The maximum Gasteiger partial charge on any atom is 0.254 e. The highest BCUT2D eigenvalue weighted by Crippen LogP contribution is 2.25. The van der Waals surface area contributed by atoms with Crippen molar-refractivity contribution in [2.24, 2.45) is 0 Å². The Morgan fingerprint density at radius 1 is 1.15 bits per heavy atom. The SMILES string of the molecule is O=C(c1cccc(-n2cnnc2)c1)N1CCOc2ccc(CO)cc2C1. The molecular formula is C19H18N4O3. The van der Waals surface area contributed by atoms with Gasteiger partial charge in [0.15, 0.2) is 0 Å². The van der Waals surface area contributed by atoms with E-state index < -0.39 is 0 Å². The van der Waals surface area contributed by atoms with Crippen LogP contribution in [0.4, 0.5) is 0 Å². The summed E-state index contributed by atoms with van der Waals surface area (Å²) in [6.45, 7) is 1.34. The number of amides is 1. The molecule has 0 fully saturated rings. The van der Waals surface area contributed by atoms with Crippen molar-refractivity contribution in [2.75, 3.05) is 13.2 Å². The summed E-state index contributed by atoms with van der Waals surface area (Å²) in [6.07, 6.45) is 3.19. The Kier molecular flexibility index (Phi) is 4.37. The molecule has 7 heteroatoms. The first-order valence-electron chi connectivity index (χ1n) is 8.34. The van der Waals surface area contributed by atoms with Crippen LogP contribution < -0.4 is 4.74 Å². The normalized spacial score (nSPS) is 13.7. The molecule has 1 aliphatic heterocycles. The maximum absolute atomic E-state index is 13.0. The summed E-state index contributed by atoms with van der Waals surface area (Å²) >= 11 is 0. The van der Waals surface area contributed by atoms with Gasteiger partial charge in [0.2, 0.25) is 0 Å². The number of hydrogen-bond donors (Lipinski definition) is 1. The van der Waals surface area contributed by atoms with Gasteiger partial charge in [-0.15, -0.1) is 10.2 Å². The standard InChI is InChI=1S/C19H18N4O3/c24-11-14-4-5-18-16(8-14)10-22(6-7-26-18)19(25)15-2-1-3-17(9-15)23-12-20-21-13-23/h1-5,8-9,12-13,24H,6-7,10-11H2. The van der Waals surface area contributed by atoms with E-state index in [4.69, 9.17) is 4.74 Å². The molecular weight excluding hydrogens is 332 g/mol. The number of nitrogens with zero attached hydrogens (tertiary/aromatic N) is 4. The van der Waals surface area contributed by atoms with Crippen molar-refractivity contribution >= 4 is 5.91 Å². The van der Waals surface area contributed by atoms with Gasteiger partial charge in [-0.3, -0.25) is 9.36 Å². The Bertz CT molecular complexity index is 924. The molecule has 3 aromatic rings. The van der Waals surface area contributed by atoms with Crippen LogP contribution in [0.2, 0.25) is 0 Å². The molecule has 0 bridgehead atoms. The Morgan fingerprint density at radius 3 is 2.81 bits per heavy atom. The largest absolute Gasteiger partial charge is 0.491 e. The van der Waals surface area contributed by atoms with Gasteiger partial charge in [-0.05, 0) is 35.9 Å². The molecule has 0 radical (unpaired) electrons. The molecule has 0 saturated carbocycles. The minimum Gasteiger partial charge on any atom is -0.491 e. The van der Waals surface area contributed by atoms with E-state index in [2.05, 4.69) is 10.2 Å². The highest BCUT2D eigenvalue weighted by atomic mass is 16.5. The highest BCUT2D eigenvalue weighted by Gasteiger charge is 2.21. The van der Waals surface area contributed by atoms with E-state index in [0.717, 1.165) is 22.6 Å². The summed E-state index contributed by atoms with van der Waals surface area (Å²) < 4.78 is 7.51. The Morgan fingerprint density at radius 2 is 2.00 bits per heavy atom. The number of aromatic nitrogens is 3. The summed E-state index contributed by atoms with van der Waals surface area (Å²) in [4.78, 5) is 14.8. The van der Waals surface area contributed by atoms with Crippen molar-refractivity contribution in [1.29, 1.82) is 0 Å². The fourth-order valence-electron chi connectivity index (χ4n) is 3.04. The first kappa shape index (κ1) is 16.3. The average Bonchev–Trinajstić information content (AvgIpc) is 3.14. The van der Waals surface area contributed by atoms with Crippen LogP contribution in [0.25, 0.3) is 5.69 Å². The zero-order valence-corrected chi connectivity index (χ0v) is 14.1. The second-order valence-electron chi connectivity index (χ2n) is 6.09. The lowest BCUT2D eigenvalue weighted by Crippen LogP contribution is -2.32. The lowest BCUT2D eigenvalue weighted by Gasteiger charge is -2.20. The molecule has 0 unspecified atom stereocenters. The number of carbonyl (C=O) groups excluding carboxylic acids is 1. The summed E-state index contributed by atoms with van der Waals surface area (Å²) in [5, 5.41) is 16.9. The van der Waals surface area contributed by atoms with Crippen molar-refractivity contribution in [3.05, 3.63) is 71.8 Å². The molecule has 132 valence electrons. The van der Waals surface area contributed by atoms with Gasteiger partial charge in [-0.25, -0.2) is 0 Å². The monoisotopic (exact) mass is 350 g/mol. The third-order valence-electron chi connectivity index (χ3n) is 4.38. The third kappa shape index (κ3) is 3.16. The smallest absolute Gasteiger partial charge is 0.254 e. The summed E-state index contributed by atoms with van der Waals surface area (Å²) in [6, 6.07) is 12.9. The number of aliphatic hydroxyl groups is 1. The van der Waals surface area contributed by atoms with Crippen LogP contribution in [-0.4, -0.2) is 43.8 Å². The van der Waals surface area contributed by atoms with Crippen molar-refractivity contribution in [3.63, 3.8) is 0 Å². The van der Waals surface area contributed by atoms with Crippen LogP contribution in [0, 0.1) is 0 Å². The van der Waals surface area contributed by atoms with Gasteiger partial charge >= 0.3 is 0 Å². The summed E-state index contributed by atoms with van der Waals surface area (Å²) in [5.41, 5.74) is 3.13. The quantitative estimate of drug-likeness (QED) is 0.779. The van der Waals surface area contributed by atoms with Crippen molar-refractivity contribution in [1.82, 2.24) is 19.7 Å². The van der Waals surface area contributed by atoms with Gasteiger partial charge in [-0.1, -0.05) is 12.1 Å². The molecule has 0 spiro atoms. The van der Waals surface area contributed by atoms with Gasteiger partial charge in [0.05, 0.1) is 13.2 Å². The molecule has 2 aromatic carbocycles. The van der Waals surface area contributed by atoms with E-state index >= 15 is 0 Å². The molecule has 1 aromatic heterocycles. The number of carbonyl (C=O) groups is 1. The molecule has 4 rings (SSSR count). The van der Waals surface area contributed by atoms with Gasteiger partial charge < -0.3 is 14.7 Å². The number of ether oxygens (including phenoxy) is 1. The molecule has 0 atom stereocenters. The van der Waals surface area contributed by atoms with E-state index in [0.29, 0.717) is 25.3 Å². The number of hydrogen-bond acceptors (Lipinski definition) is 5. The van der Waals surface area contributed by atoms with Crippen molar-refractivity contribution in [3.8, 4) is 11.4 Å². The van der Waals surface area contributed by atoms with Crippen LogP contribution in [0.5, 0.6) is 5.75 Å². The van der Waals surface area contributed by atoms with E-state index in [1.807, 2.05) is 36.4 Å². The zero-order valence-electron chi connectivity index (χ0n) is 14.1. The zero-order chi connectivity index (χ0) is 17.9. The lowest BCUT2D eigenvalue weighted by molar-refractivity contribution is 0.0733. The summed E-state index contributed by atoms with van der Waals surface area (Å²) in [7, 11) is 0. The second kappa shape index (κ2) is 6.97. The number of benzene rings is 2. The van der Waals surface area contributed by atoms with E-state index in [1.54, 1.807) is 28.2 Å². The fourth-order valence-corrected chi connectivity index (χ4v) is 3.04. The second-order valence-corrected chi connectivity index (χ2v) is 6.09. The lowest BCUT2D eigenvalue weighted by atomic mass is 10.1. The van der Waals surface area contributed by atoms with Gasteiger partial charge in [0.1, 0.15) is 25.0 Å². The molecule has 0 aliphatic carbocycles. The Balaban J connectivity index is 1.61. The predicted octanol–water partition coefficient (Wildman–Crippen LogP) is 1.79. The maximum atomic E-state index is 13.0. The van der Waals surface area contributed by atoms with E-state index in [-0.39, 0.29) is 12.5 Å². The fraction of sp³-hybridized carbons (Fsp3) is 0.211. The predicted molar refractivity (Wildman–Crippen MR) is 94.0 cm³/mol. The first-order valence-corrected chi connectivity index (χ1v) is 8.34. The van der Waals surface area contributed by atoms with Crippen LogP contribution in [0.1, 0.15) is 21.5 Å². The van der Waals surface area contributed by atoms with Crippen molar-refractivity contribution in [2.45, 2.75) is 13.2 Å². The first-order chi connectivity index (χ1) is 12.7. The molecule has 0 saturated heterocycles. The Labute approximate surface area is 150 Å². The van der Waals surface area contributed by atoms with E-state index in [9.17, 15) is 9.90 Å². The minimum absolute atomic E-state index is 0.0395.